The van der Waals surface area contributed by atoms with Crippen molar-refractivity contribution in [1.82, 2.24) is 9.97 Å². The fraction of sp³-hybridized carbons (Fsp3) is 0.333. The molecule has 3 heteroatoms. The molecule has 0 aliphatic heterocycles. The third kappa shape index (κ3) is 1.91. The van der Waals surface area contributed by atoms with Crippen molar-refractivity contribution in [3.63, 3.8) is 0 Å². The van der Waals surface area contributed by atoms with Crippen LogP contribution in [-0.4, -0.2) is 9.97 Å². The Bertz CT molecular complexity index is 565. The lowest BCUT2D eigenvalue weighted by Crippen LogP contribution is -2.20. The Labute approximate surface area is 107 Å². The first-order chi connectivity index (χ1) is 8.75. The SMILES string of the molecule is Cc1ccnc(C(N)C2CCc3cccnc32)c1. The van der Waals surface area contributed by atoms with Gasteiger partial charge in [0.1, 0.15) is 0 Å². The van der Waals surface area contributed by atoms with Gasteiger partial charge in [0.05, 0.1) is 11.7 Å². The molecular weight excluding hydrogens is 222 g/mol. The summed E-state index contributed by atoms with van der Waals surface area (Å²) >= 11 is 0. The summed E-state index contributed by atoms with van der Waals surface area (Å²) in [5.41, 5.74) is 11.1. The van der Waals surface area contributed by atoms with Gasteiger partial charge in [0.25, 0.3) is 0 Å². The second-order valence-electron chi connectivity index (χ2n) is 4.98. The highest BCUT2D eigenvalue weighted by Gasteiger charge is 2.30. The third-order valence-corrected chi connectivity index (χ3v) is 3.71. The number of aromatic nitrogens is 2. The van der Waals surface area contributed by atoms with Crippen molar-refractivity contribution >= 4 is 0 Å². The van der Waals surface area contributed by atoms with Crippen LogP contribution in [0.15, 0.2) is 36.7 Å². The molecule has 0 fully saturated rings. The van der Waals surface area contributed by atoms with Crippen molar-refractivity contribution in [2.24, 2.45) is 5.73 Å². The minimum absolute atomic E-state index is 0.0546. The first kappa shape index (κ1) is 11.4. The van der Waals surface area contributed by atoms with Gasteiger partial charge >= 0.3 is 0 Å². The molecule has 1 aliphatic carbocycles. The molecule has 2 heterocycles. The Balaban J connectivity index is 1.93. The van der Waals surface area contributed by atoms with Gasteiger partial charge in [-0.05, 0) is 49.1 Å². The van der Waals surface area contributed by atoms with Gasteiger partial charge in [0.2, 0.25) is 0 Å². The van der Waals surface area contributed by atoms with Gasteiger partial charge < -0.3 is 5.73 Å². The van der Waals surface area contributed by atoms with Crippen molar-refractivity contribution in [3.8, 4) is 0 Å². The molecule has 2 atom stereocenters. The van der Waals surface area contributed by atoms with Gasteiger partial charge in [-0.2, -0.15) is 0 Å². The van der Waals surface area contributed by atoms with Gasteiger partial charge in [0.15, 0.2) is 0 Å². The second-order valence-corrected chi connectivity index (χ2v) is 4.98. The normalized spacial score (nSPS) is 19.6. The lowest BCUT2D eigenvalue weighted by Gasteiger charge is -2.19. The maximum atomic E-state index is 6.38. The fourth-order valence-corrected chi connectivity index (χ4v) is 2.74. The van der Waals surface area contributed by atoms with E-state index in [1.54, 1.807) is 0 Å². The number of aryl methyl sites for hydroxylation is 2. The summed E-state index contributed by atoms with van der Waals surface area (Å²) in [5.74, 6) is 0.301. The summed E-state index contributed by atoms with van der Waals surface area (Å²) in [4.78, 5) is 8.91. The predicted molar refractivity (Wildman–Crippen MR) is 71.2 cm³/mol. The second kappa shape index (κ2) is 4.50. The molecule has 3 rings (SSSR count). The Morgan fingerprint density at radius 1 is 1.28 bits per heavy atom. The Hall–Kier alpha value is -1.74. The molecule has 2 N–H and O–H groups in total. The largest absolute Gasteiger partial charge is 0.322 e. The van der Waals surface area contributed by atoms with Crippen molar-refractivity contribution < 1.29 is 0 Å². The van der Waals surface area contributed by atoms with E-state index in [9.17, 15) is 0 Å². The Kier molecular flexibility index (Phi) is 2.84. The van der Waals surface area contributed by atoms with Crippen LogP contribution >= 0.6 is 0 Å². The monoisotopic (exact) mass is 239 g/mol. The molecule has 0 bridgehead atoms. The summed E-state index contributed by atoms with van der Waals surface area (Å²) in [6.07, 6.45) is 5.84. The lowest BCUT2D eigenvalue weighted by molar-refractivity contribution is 0.530. The van der Waals surface area contributed by atoms with Crippen LogP contribution < -0.4 is 5.73 Å². The molecule has 2 aromatic heterocycles. The molecule has 3 nitrogen and oxygen atoms in total. The predicted octanol–water partition coefficient (Wildman–Crippen LogP) is 2.51. The molecule has 18 heavy (non-hydrogen) atoms. The molecule has 1 aliphatic rings. The maximum absolute atomic E-state index is 6.38. The topological polar surface area (TPSA) is 51.8 Å². The van der Waals surface area contributed by atoms with E-state index in [4.69, 9.17) is 5.73 Å². The zero-order valence-corrected chi connectivity index (χ0v) is 10.5. The van der Waals surface area contributed by atoms with E-state index in [0.717, 1.165) is 24.2 Å². The highest BCUT2D eigenvalue weighted by molar-refractivity contribution is 5.32. The van der Waals surface area contributed by atoms with Crippen LogP contribution in [0.2, 0.25) is 0 Å². The molecule has 2 unspecified atom stereocenters. The highest BCUT2D eigenvalue weighted by atomic mass is 14.8. The van der Waals surface area contributed by atoms with Gasteiger partial charge in [0, 0.05) is 24.0 Å². The number of hydrogen-bond acceptors (Lipinski definition) is 3. The lowest BCUT2D eigenvalue weighted by atomic mass is 9.94. The minimum Gasteiger partial charge on any atom is -0.322 e. The van der Waals surface area contributed by atoms with Crippen LogP contribution in [0.3, 0.4) is 0 Å². The number of nitrogens with zero attached hydrogens (tertiary/aromatic N) is 2. The van der Waals surface area contributed by atoms with E-state index in [1.165, 1.54) is 11.1 Å². The van der Waals surface area contributed by atoms with Crippen molar-refractivity contribution in [2.45, 2.75) is 31.7 Å². The first-order valence-corrected chi connectivity index (χ1v) is 6.37. The molecule has 2 aromatic rings. The number of nitrogens with two attached hydrogens (primary N) is 1. The van der Waals surface area contributed by atoms with E-state index in [1.807, 2.05) is 24.5 Å². The molecule has 0 aromatic carbocycles. The Morgan fingerprint density at radius 3 is 3.00 bits per heavy atom. The van der Waals surface area contributed by atoms with Crippen LogP contribution in [0.25, 0.3) is 0 Å². The van der Waals surface area contributed by atoms with Gasteiger partial charge in [-0.3, -0.25) is 9.97 Å². The molecule has 0 saturated carbocycles. The maximum Gasteiger partial charge on any atom is 0.0580 e. The number of pyridine rings is 2. The Morgan fingerprint density at radius 2 is 2.17 bits per heavy atom. The number of hydrogen-bond donors (Lipinski definition) is 1. The fourth-order valence-electron chi connectivity index (χ4n) is 2.74. The van der Waals surface area contributed by atoms with Gasteiger partial charge in [-0.1, -0.05) is 6.07 Å². The minimum atomic E-state index is -0.0546. The van der Waals surface area contributed by atoms with Crippen molar-refractivity contribution in [2.75, 3.05) is 0 Å². The van der Waals surface area contributed by atoms with Crippen LogP contribution in [0.5, 0.6) is 0 Å². The number of fused-ring (bicyclic) bond motifs is 1. The van der Waals surface area contributed by atoms with Crippen LogP contribution in [0.4, 0.5) is 0 Å². The molecule has 0 spiro atoms. The van der Waals surface area contributed by atoms with Crippen molar-refractivity contribution in [3.05, 3.63) is 59.2 Å². The quantitative estimate of drug-likeness (QED) is 0.876. The van der Waals surface area contributed by atoms with Crippen LogP contribution in [0.1, 0.15) is 40.9 Å². The van der Waals surface area contributed by atoms with Crippen molar-refractivity contribution in [1.29, 1.82) is 0 Å². The van der Waals surface area contributed by atoms with E-state index in [-0.39, 0.29) is 6.04 Å². The van der Waals surface area contributed by atoms with E-state index >= 15 is 0 Å². The van der Waals surface area contributed by atoms with Gasteiger partial charge in [-0.25, -0.2) is 0 Å². The smallest absolute Gasteiger partial charge is 0.0580 e. The molecular formula is C15H17N3. The van der Waals surface area contributed by atoms with E-state index < -0.39 is 0 Å². The highest BCUT2D eigenvalue weighted by Crippen LogP contribution is 2.38. The average molecular weight is 239 g/mol. The summed E-state index contributed by atoms with van der Waals surface area (Å²) in [6, 6.07) is 8.17. The molecule has 92 valence electrons. The molecule has 0 amide bonds. The first-order valence-electron chi connectivity index (χ1n) is 6.37. The molecule has 0 radical (unpaired) electrons. The number of rotatable bonds is 2. The average Bonchev–Trinajstić information content (AvgIpc) is 2.82. The zero-order chi connectivity index (χ0) is 12.5. The van der Waals surface area contributed by atoms with E-state index in [2.05, 4.69) is 29.0 Å². The van der Waals surface area contributed by atoms with Crippen LogP contribution in [0, 0.1) is 6.92 Å². The standard InChI is InChI=1S/C15H17N3/c1-10-6-8-17-13(9-10)14(16)12-5-4-11-3-2-7-18-15(11)12/h2-3,6-9,12,14H,4-5,16H2,1H3. The zero-order valence-electron chi connectivity index (χ0n) is 10.5. The molecule has 0 saturated heterocycles. The summed E-state index contributed by atoms with van der Waals surface area (Å²) in [5, 5.41) is 0. The van der Waals surface area contributed by atoms with E-state index in [0.29, 0.717) is 5.92 Å². The summed E-state index contributed by atoms with van der Waals surface area (Å²) in [7, 11) is 0. The summed E-state index contributed by atoms with van der Waals surface area (Å²) < 4.78 is 0. The third-order valence-electron chi connectivity index (χ3n) is 3.71. The summed E-state index contributed by atoms with van der Waals surface area (Å²) in [6.45, 7) is 2.07. The van der Waals surface area contributed by atoms with Gasteiger partial charge in [-0.15, -0.1) is 0 Å². The van der Waals surface area contributed by atoms with Crippen LogP contribution in [-0.2, 0) is 6.42 Å².